The van der Waals surface area contributed by atoms with Gasteiger partial charge in [0.1, 0.15) is 29.6 Å². The first-order valence-corrected chi connectivity index (χ1v) is 5.67. The molecule has 1 unspecified atom stereocenters. The van der Waals surface area contributed by atoms with Gasteiger partial charge in [-0.1, -0.05) is 0 Å². The monoisotopic (exact) mass is 254 g/mol. The van der Waals surface area contributed by atoms with Gasteiger partial charge in [-0.25, -0.2) is 8.78 Å². The number of aliphatic hydroxyl groups excluding tert-OH is 2. The highest BCUT2D eigenvalue weighted by Crippen LogP contribution is 2.64. The lowest BCUT2D eigenvalue weighted by molar-refractivity contribution is 0.0734. The summed E-state index contributed by atoms with van der Waals surface area (Å²) in [5.41, 5.74) is -0.390. The minimum Gasteiger partial charge on any atom is -0.508 e. The van der Waals surface area contributed by atoms with Crippen molar-refractivity contribution in [1.82, 2.24) is 0 Å². The Morgan fingerprint density at radius 2 is 2.11 bits per heavy atom. The molecule has 1 aliphatic heterocycles. The number of fused-ring (bicyclic) bond motifs is 1. The smallest absolute Gasteiger partial charge is 0.160 e. The van der Waals surface area contributed by atoms with Crippen molar-refractivity contribution >= 4 is 0 Å². The second-order valence-electron chi connectivity index (χ2n) is 4.80. The van der Waals surface area contributed by atoms with Crippen LogP contribution in [0.4, 0.5) is 8.78 Å². The molecular weight excluding hydrogens is 242 g/mol. The minimum absolute atomic E-state index is 0.0288. The molecule has 5 heteroatoms. The molecule has 1 fully saturated rings. The molecule has 1 aromatic carbocycles. The lowest BCUT2D eigenvalue weighted by Gasteiger charge is -2.17. The van der Waals surface area contributed by atoms with Crippen LogP contribution in [0.2, 0.25) is 0 Å². The molecule has 96 valence electrons. The Morgan fingerprint density at radius 3 is 2.72 bits per heavy atom. The summed E-state index contributed by atoms with van der Waals surface area (Å²) in [4.78, 5) is 0. The van der Waals surface area contributed by atoms with Crippen LogP contribution in [0.25, 0.3) is 0 Å². The van der Waals surface area contributed by atoms with E-state index in [1.165, 1.54) is 6.07 Å². The van der Waals surface area contributed by atoms with E-state index in [2.05, 4.69) is 0 Å². The maximum absolute atomic E-state index is 13.8. The molecule has 0 radical (unpaired) electrons. The van der Waals surface area contributed by atoms with E-state index in [4.69, 9.17) is 9.84 Å². The van der Waals surface area contributed by atoms with Crippen LogP contribution in [0.3, 0.4) is 0 Å². The third-order valence-electron chi connectivity index (χ3n) is 3.68. The highest BCUT2D eigenvalue weighted by atomic mass is 19.1. The Labute approximate surface area is 102 Å². The Morgan fingerprint density at radius 1 is 1.39 bits per heavy atom. The van der Waals surface area contributed by atoms with E-state index in [9.17, 15) is 13.9 Å². The van der Waals surface area contributed by atoms with Gasteiger partial charge in [-0.05, 0) is 18.6 Å². The van der Waals surface area contributed by atoms with Crippen LogP contribution in [0.1, 0.15) is 17.5 Å². The molecule has 0 saturated heterocycles. The first-order valence-electron chi connectivity index (χ1n) is 5.67. The van der Waals surface area contributed by atoms with Crippen molar-refractivity contribution in [3.63, 3.8) is 0 Å². The first kappa shape index (κ1) is 11.5. The van der Waals surface area contributed by atoms with Gasteiger partial charge < -0.3 is 14.9 Å². The SMILES string of the molecule is Cc1cc([C@]23CC2C(O)=C(CO)O3)c(F)cc1F. The summed E-state index contributed by atoms with van der Waals surface area (Å²) in [6, 6.07) is 2.23. The summed E-state index contributed by atoms with van der Waals surface area (Å²) < 4.78 is 32.5. The van der Waals surface area contributed by atoms with Crippen molar-refractivity contribution in [3.05, 3.63) is 46.4 Å². The van der Waals surface area contributed by atoms with Crippen LogP contribution in [0.15, 0.2) is 23.7 Å². The molecule has 0 bridgehead atoms. The van der Waals surface area contributed by atoms with Crippen molar-refractivity contribution < 1.29 is 23.7 Å². The Hall–Kier alpha value is -1.62. The average molecular weight is 254 g/mol. The molecule has 2 N–H and O–H groups in total. The summed E-state index contributed by atoms with van der Waals surface area (Å²) in [6.07, 6.45) is 0.449. The molecule has 1 saturated carbocycles. The molecular formula is C13H12F2O3. The second-order valence-corrected chi connectivity index (χ2v) is 4.80. The molecule has 18 heavy (non-hydrogen) atoms. The number of rotatable bonds is 2. The zero-order valence-electron chi connectivity index (χ0n) is 9.70. The van der Waals surface area contributed by atoms with Gasteiger partial charge in [0.2, 0.25) is 0 Å². The average Bonchev–Trinajstić information content (AvgIpc) is 2.99. The third-order valence-corrected chi connectivity index (χ3v) is 3.68. The van der Waals surface area contributed by atoms with Gasteiger partial charge in [0.15, 0.2) is 5.76 Å². The molecule has 0 spiro atoms. The van der Waals surface area contributed by atoms with Crippen molar-refractivity contribution in [2.24, 2.45) is 5.92 Å². The normalized spacial score (nSPS) is 29.2. The molecule has 0 amide bonds. The zero-order chi connectivity index (χ0) is 13.1. The Bertz CT molecular complexity index is 568. The lowest BCUT2D eigenvalue weighted by Crippen LogP contribution is -2.14. The van der Waals surface area contributed by atoms with Crippen molar-refractivity contribution in [1.29, 1.82) is 0 Å². The van der Waals surface area contributed by atoms with E-state index in [0.29, 0.717) is 12.0 Å². The molecule has 2 aliphatic rings. The van der Waals surface area contributed by atoms with Crippen molar-refractivity contribution in [3.8, 4) is 0 Å². The van der Waals surface area contributed by atoms with Crippen LogP contribution in [-0.2, 0) is 10.3 Å². The van der Waals surface area contributed by atoms with E-state index in [1.807, 2.05) is 0 Å². The molecule has 1 aliphatic carbocycles. The van der Waals surface area contributed by atoms with E-state index in [-0.39, 0.29) is 23.0 Å². The van der Waals surface area contributed by atoms with Gasteiger partial charge in [-0.3, -0.25) is 0 Å². The third kappa shape index (κ3) is 1.31. The van der Waals surface area contributed by atoms with Crippen LogP contribution < -0.4 is 0 Å². The van der Waals surface area contributed by atoms with E-state index in [1.54, 1.807) is 6.92 Å². The van der Waals surface area contributed by atoms with Gasteiger partial charge in [0.05, 0.1) is 5.92 Å². The van der Waals surface area contributed by atoms with Crippen LogP contribution in [0.5, 0.6) is 0 Å². The first-order chi connectivity index (χ1) is 8.49. The fourth-order valence-corrected chi connectivity index (χ4v) is 2.59. The number of benzene rings is 1. The summed E-state index contributed by atoms with van der Waals surface area (Å²) in [5, 5.41) is 18.7. The van der Waals surface area contributed by atoms with Gasteiger partial charge >= 0.3 is 0 Å². The Balaban J connectivity index is 2.03. The zero-order valence-corrected chi connectivity index (χ0v) is 9.70. The fraction of sp³-hybridized carbons (Fsp3) is 0.385. The van der Waals surface area contributed by atoms with Crippen LogP contribution in [0, 0.1) is 24.5 Å². The van der Waals surface area contributed by atoms with Gasteiger partial charge in [-0.15, -0.1) is 0 Å². The quantitative estimate of drug-likeness (QED) is 0.851. The van der Waals surface area contributed by atoms with Crippen LogP contribution in [-0.4, -0.2) is 16.8 Å². The van der Waals surface area contributed by atoms with E-state index < -0.39 is 23.8 Å². The maximum Gasteiger partial charge on any atom is 0.160 e. The predicted octanol–water partition coefficient (Wildman–Crippen LogP) is 2.28. The summed E-state index contributed by atoms with van der Waals surface area (Å²) >= 11 is 0. The van der Waals surface area contributed by atoms with Crippen LogP contribution >= 0.6 is 0 Å². The highest BCUT2D eigenvalue weighted by Gasteiger charge is 2.66. The number of aryl methyl sites for hydroxylation is 1. The lowest BCUT2D eigenvalue weighted by atomic mass is 10.0. The number of ether oxygens (including phenoxy) is 1. The van der Waals surface area contributed by atoms with Crippen molar-refractivity contribution in [2.45, 2.75) is 18.9 Å². The number of aliphatic hydroxyl groups is 2. The number of hydrogen-bond acceptors (Lipinski definition) is 3. The summed E-state index contributed by atoms with van der Waals surface area (Å²) in [7, 11) is 0. The molecule has 1 aromatic rings. The molecule has 3 rings (SSSR count). The van der Waals surface area contributed by atoms with Crippen molar-refractivity contribution in [2.75, 3.05) is 6.61 Å². The minimum atomic E-state index is -0.954. The molecule has 3 nitrogen and oxygen atoms in total. The topological polar surface area (TPSA) is 49.7 Å². The Kier molecular flexibility index (Phi) is 2.20. The maximum atomic E-state index is 13.8. The second kappa shape index (κ2) is 3.45. The largest absolute Gasteiger partial charge is 0.508 e. The van der Waals surface area contributed by atoms with Gasteiger partial charge in [-0.2, -0.15) is 0 Å². The molecule has 1 heterocycles. The predicted molar refractivity (Wildman–Crippen MR) is 58.7 cm³/mol. The van der Waals surface area contributed by atoms with Gasteiger partial charge in [0.25, 0.3) is 0 Å². The molecule has 2 atom stereocenters. The van der Waals surface area contributed by atoms with Gasteiger partial charge in [0, 0.05) is 18.1 Å². The van der Waals surface area contributed by atoms with E-state index >= 15 is 0 Å². The number of halogens is 2. The van der Waals surface area contributed by atoms with E-state index in [0.717, 1.165) is 6.07 Å². The standard InChI is InChI=1S/C13H12F2O3/c1-6-2-7(10(15)3-9(6)14)13-4-8(13)12(17)11(5-16)18-13/h2-3,8,16-17H,4-5H2,1H3/t8?,13-/m1/s1. The highest BCUT2D eigenvalue weighted by molar-refractivity contribution is 5.42. The number of hydrogen-bond donors (Lipinski definition) is 2. The summed E-state index contributed by atoms with van der Waals surface area (Å²) in [6.45, 7) is 1.12. The summed E-state index contributed by atoms with van der Waals surface area (Å²) in [5.74, 6) is -1.58. The molecule has 0 aromatic heterocycles. The fourth-order valence-electron chi connectivity index (χ4n) is 2.59.